The maximum Gasteiger partial charge on any atom is 0.142 e. The molecule has 2 nitrogen and oxygen atoms in total. The molecule has 1 saturated heterocycles. The predicted molar refractivity (Wildman–Crippen MR) is 85.9 cm³/mol. The summed E-state index contributed by atoms with van der Waals surface area (Å²) in [6.07, 6.45) is 3.77. The fraction of sp³-hybridized carbons (Fsp3) is 0.600. The normalized spacial score (nSPS) is 21.9. The molecule has 0 spiro atoms. The number of rotatable bonds is 3. The first-order valence-corrected chi connectivity index (χ1v) is 7.95. The van der Waals surface area contributed by atoms with E-state index in [2.05, 4.69) is 26.1 Å². The SMILES string of the molecule is Cl.Fc1c(Br)cccc1[C@@H](C1CCC1)N1CCNCC1. The van der Waals surface area contributed by atoms with E-state index >= 15 is 0 Å². The third-order valence-electron chi connectivity index (χ3n) is 4.44. The molecule has 5 heteroatoms. The largest absolute Gasteiger partial charge is 0.314 e. The minimum absolute atomic E-state index is 0. The van der Waals surface area contributed by atoms with Gasteiger partial charge in [0.15, 0.2) is 0 Å². The highest BCUT2D eigenvalue weighted by Gasteiger charge is 2.35. The summed E-state index contributed by atoms with van der Waals surface area (Å²) in [5.41, 5.74) is 0.876. The summed E-state index contributed by atoms with van der Waals surface area (Å²) >= 11 is 3.32. The number of nitrogens with one attached hydrogen (secondary N) is 1. The van der Waals surface area contributed by atoms with Gasteiger partial charge in [-0.15, -0.1) is 12.4 Å². The van der Waals surface area contributed by atoms with Crippen molar-refractivity contribution in [1.82, 2.24) is 10.2 Å². The third-order valence-corrected chi connectivity index (χ3v) is 5.05. The Balaban J connectivity index is 0.00000147. The Bertz CT molecular complexity index is 447. The van der Waals surface area contributed by atoms with E-state index in [4.69, 9.17) is 0 Å². The molecule has 2 fully saturated rings. The van der Waals surface area contributed by atoms with Crippen LogP contribution < -0.4 is 5.32 Å². The van der Waals surface area contributed by atoms with Crippen molar-refractivity contribution < 1.29 is 4.39 Å². The van der Waals surface area contributed by atoms with Crippen LogP contribution in [-0.4, -0.2) is 31.1 Å². The van der Waals surface area contributed by atoms with Gasteiger partial charge in [0, 0.05) is 37.8 Å². The van der Waals surface area contributed by atoms with E-state index in [1.165, 1.54) is 19.3 Å². The molecule has 1 saturated carbocycles. The Morgan fingerprint density at radius 1 is 1.25 bits per heavy atom. The molecule has 1 atom stereocenters. The van der Waals surface area contributed by atoms with Crippen LogP contribution in [0, 0.1) is 11.7 Å². The molecule has 0 unspecified atom stereocenters. The lowest BCUT2D eigenvalue weighted by molar-refractivity contribution is 0.0811. The van der Waals surface area contributed by atoms with Crippen LogP contribution in [0.4, 0.5) is 4.39 Å². The van der Waals surface area contributed by atoms with Crippen molar-refractivity contribution in [2.45, 2.75) is 25.3 Å². The zero-order valence-electron chi connectivity index (χ0n) is 11.4. The topological polar surface area (TPSA) is 15.3 Å². The molecule has 20 heavy (non-hydrogen) atoms. The third kappa shape index (κ3) is 3.19. The van der Waals surface area contributed by atoms with Crippen LogP contribution in [0.2, 0.25) is 0 Å². The lowest BCUT2D eigenvalue weighted by Crippen LogP contribution is -2.48. The molecule has 0 radical (unpaired) electrons. The van der Waals surface area contributed by atoms with E-state index in [0.29, 0.717) is 10.4 Å². The second-order valence-electron chi connectivity index (χ2n) is 5.56. The first-order chi connectivity index (χ1) is 9.27. The molecule has 1 N–H and O–H groups in total. The summed E-state index contributed by atoms with van der Waals surface area (Å²) in [4.78, 5) is 2.46. The van der Waals surface area contributed by atoms with Gasteiger partial charge >= 0.3 is 0 Å². The molecule has 0 amide bonds. The first-order valence-electron chi connectivity index (χ1n) is 7.16. The van der Waals surface area contributed by atoms with E-state index in [-0.39, 0.29) is 24.3 Å². The molecule has 1 aliphatic carbocycles. The van der Waals surface area contributed by atoms with Gasteiger partial charge in [0.1, 0.15) is 5.82 Å². The number of piperazine rings is 1. The minimum Gasteiger partial charge on any atom is -0.314 e. The van der Waals surface area contributed by atoms with Crippen LogP contribution in [0.25, 0.3) is 0 Å². The predicted octanol–water partition coefficient (Wildman–Crippen LogP) is 3.76. The van der Waals surface area contributed by atoms with Gasteiger partial charge < -0.3 is 5.32 Å². The lowest BCUT2D eigenvalue weighted by Gasteiger charge is -2.43. The number of halogens is 3. The molecule has 0 aromatic heterocycles. The molecule has 0 bridgehead atoms. The van der Waals surface area contributed by atoms with Crippen LogP contribution in [0.1, 0.15) is 30.9 Å². The highest BCUT2D eigenvalue weighted by molar-refractivity contribution is 9.10. The van der Waals surface area contributed by atoms with Gasteiger partial charge in [0.05, 0.1) is 4.47 Å². The molecule has 1 heterocycles. The Morgan fingerprint density at radius 2 is 1.95 bits per heavy atom. The van der Waals surface area contributed by atoms with Crippen LogP contribution in [0.5, 0.6) is 0 Å². The molecule has 1 aliphatic heterocycles. The number of benzene rings is 1. The summed E-state index contributed by atoms with van der Waals surface area (Å²) in [7, 11) is 0. The molecule has 1 aromatic carbocycles. The average molecular weight is 364 g/mol. The van der Waals surface area contributed by atoms with E-state index in [1.807, 2.05) is 12.1 Å². The molecule has 3 rings (SSSR count). The smallest absolute Gasteiger partial charge is 0.142 e. The first kappa shape index (κ1) is 16.2. The Morgan fingerprint density at radius 3 is 2.55 bits per heavy atom. The van der Waals surface area contributed by atoms with Crippen molar-refractivity contribution in [1.29, 1.82) is 0 Å². The zero-order chi connectivity index (χ0) is 13.2. The van der Waals surface area contributed by atoms with Gasteiger partial charge in [-0.1, -0.05) is 18.6 Å². The van der Waals surface area contributed by atoms with Gasteiger partial charge in [-0.25, -0.2) is 4.39 Å². The van der Waals surface area contributed by atoms with Crippen LogP contribution >= 0.6 is 28.3 Å². The maximum absolute atomic E-state index is 14.4. The lowest BCUT2D eigenvalue weighted by atomic mass is 9.76. The highest BCUT2D eigenvalue weighted by Crippen LogP contribution is 2.43. The summed E-state index contributed by atoms with van der Waals surface area (Å²) in [6, 6.07) is 5.96. The van der Waals surface area contributed by atoms with Crippen LogP contribution in [0.15, 0.2) is 22.7 Å². The van der Waals surface area contributed by atoms with Gasteiger partial charge in [0.25, 0.3) is 0 Å². The van der Waals surface area contributed by atoms with E-state index < -0.39 is 0 Å². The minimum atomic E-state index is -0.0714. The summed E-state index contributed by atoms with van der Waals surface area (Å²) in [5, 5.41) is 3.38. The Kier molecular flexibility index (Phi) is 5.84. The highest BCUT2D eigenvalue weighted by atomic mass is 79.9. The summed E-state index contributed by atoms with van der Waals surface area (Å²) in [6.45, 7) is 4.07. The molecule has 2 aliphatic rings. The number of nitrogens with zero attached hydrogens (tertiary/aromatic N) is 1. The Labute approximate surface area is 134 Å². The zero-order valence-corrected chi connectivity index (χ0v) is 13.9. The van der Waals surface area contributed by atoms with Crippen LogP contribution in [0.3, 0.4) is 0 Å². The summed E-state index contributed by atoms with van der Waals surface area (Å²) in [5.74, 6) is 0.555. The maximum atomic E-state index is 14.4. The van der Waals surface area contributed by atoms with Gasteiger partial charge in [-0.05, 0) is 40.8 Å². The molecule has 1 aromatic rings. The van der Waals surface area contributed by atoms with Crippen molar-refractivity contribution >= 4 is 28.3 Å². The van der Waals surface area contributed by atoms with Crippen LogP contribution in [-0.2, 0) is 0 Å². The van der Waals surface area contributed by atoms with E-state index in [9.17, 15) is 4.39 Å². The quantitative estimate of drug-likeness (QED) is 0.880. The number of hydrogen-bond acceptors (Lipinski definition) is 2. The second kappa shape index (κ2) is 7.21. The standard InChI is InChI=1S/C15H20BrFN2.ClH/c16-13-6-2-5-12(14(13)17)15(11-3-1-4-11)19-9-7-18-8-10-19;/h2,5-6,11,15,18H,1,3-4,7-10H2;1H/t15-;/m1./s1. The second-order valence-corrected chi connectivity index (χ2v) is 6.42. The number of hydrogen-bond donors (Lipinski definition) is 1. The van der Waals surface area contributed by atoms with Crippen molar-refractivity contribution in [3.8, 4) is 0 Å². The van der Waals surface area contributed by atoms with Crippen molar-refractivity contribution in [3.05, 3.63) is 34.1 Å². The van der Waals surface area contributed by atoms with Crippen molar-refractivity contribution in [3.63, 3.8) is 0 Å². The van der Waals surface area contributed by atoms with E-state index in [1.54, 1.807) is 6.07 Å². The van der Waals surface area contributed by atoms with Crippen molar-refractivity contribution in [2.24, 2.45) is 5.92 Å². The fourth-order valence-corrected chi connectivity index (χ4v) is 3.60. The fourth-order valence-electron chi connectivity index (χ4n) is 3.21. The van der Waals surface area contributed by atoms with Gasteiger partial charge in [0.2, 0.25) is 0 Å². The summed E-state index contributed by atoms with van der Waals surface area (Å²) < 4.78 is 15.0. The van der Waals surface area contributed by atoms with Gasteiger partial charge in [-0.2, -0.15) is 0 Å². The molecular weight excluding hydrogens is 343 g/mol. The van der Waals surface area contributed by atoms with E-state index in [0.717, 1.165) is 31.7 Å². The molecule has 112 valence electrons. The van der Waals surface area contributed by atoms with Crippen molar-refractivity contribution in [2.75, 3.05) is 26.2 Å². The van der Waals surface area contributed by atoms with Gasteiger partial charge in [-0.3, -0.25) is 4.90 Å². The monoisotopic (exact) mass is 362 g/mol. The molecular formula is C15H21BrClFN2. The Hall–Kier alpha value is -0.160. The average Bonchev–Trinajstić information content (AvgIpc) is 2.38.